The van der Waals surface area contributed by atoms with Gasteiger partial charge in [-0.1, -0.05) is 29.5 Å². The van der Waals surface area contributed by atoms with Gasteiger partial charge in [0, 0.05) is 30.1 Å². The summed E-state index contributed by atoms with van der Waals surface area (Å²) in [5.41, 5.74) is 9.93. The maximum absolute atomic E-state index is 13.3. The molecule has 5 aromatic rings. The summed E-state index contributed by atoms with van der Waals surface area (Å²) in [6.07, 6.45) is 6.57. The minimum Gasteiger partial charge on any atom is -0.375 e. The largest absolute Gasteiger partial charge is 0.375 e. The molecular formula is C21H17N7OS2. The summed E-state index contributed by atoms with van der Waals surface area (Å²) >= 11 is 3.04. The lowest BCUT2D eigenvalue weighted by Gasteiger charge is -2.06. The fourth-order valence-electron chi connectivity index (χ4n) is 4.01. The predicted molar refractivity (Wildman–Crippen MR) is 126 cm³/mol. The Labute approximate surface area is 184 Å². The van der Waals surface area contributed by atoms with Crippen molar-refractivity contribution in [1.82, 2.24) is 24.3 Å². The van der Waals surface area contributed by atoms with Crippen molar-refractivity contribution in [2.45, 2.75) is 13.0 Å². The van der Waals surface area contributed by atoms with Crippen LogP contribution in [0.2, 0.25) is 0 Å². The lowest BCUT2D eigenvalue weighted by Crippen LogP contribution is -2.24. The summed E-state index contributed by atoms with van der Waals surface area (Å²) in [5.74, 6) is 0. The van der Waals surface area contributed by atoms with E-state index in [9.17, 15) is 4.79 Å². The first kappa shape index (κ1) is 18.4. The molecule has 154 valence electrons. The number of allylic oxidation sites excluding steroid dienone is 1. The van der Waals surface area contributed by atoms with Gasteiger partial charge in [-0.05, 0) is 12.1 Å². The van der Waals surface area contributed by atoms with Crippen molar-refractivity contribution in [2.75, 3.05) is 12.3 Å². The van der Waals surface area contributed by atoms with E-state index in [1.807, 2.05) is 42.0 Å². The summed E-state index contributed by atoms with van der Waals surface area (Å²) in [4.78, 5) is 27.0. The number of nitrogens with zero attached hydrogens (tertiary/aromatic N) is 6. The van der Waals surface area contributed by atoms with Crippen LogP contribution in [-0.4, -0.2) is 36.6 Å². The zero-order valence-corrected chi connectivity index (χ0v) is 18.2. The molecule has 10 heteroatoms. The SMILES string of the molecule is Cn1c2nc(CC3=NCC=C3)sc2c2cnn(Cc3cccc4sc(N)nc34)c(=O)c21. The van der Waals surface area contributed by atoms with Gasteiger partial charge in [0.05, 0.1) is 34.2 Å². The molecule has 0 aliphatic carbocycles. The first-order valence-corrected chi connectivity index (χ1v) is 11.4. The zero-order chi connectivity index (χ0) is 21.1. The number of thiazole rings is 2. The predicted octanol–water partition coefficient (Wildman–Crippen LogP) is 3.14. The quantitative estimate of drug-likeness (QED) is 0.456. The highest BCUT2D eigenvalue weighted by Gasteiger charge is 2.19. The second-order valence-electron chi connectivity index (χ2n) is 7.42. The maximum Gasteiger partial charge on any atom is 0.291 e. The topological polar surface area (TPSA) is 104 Å². The van der Waals surface area contributed by atoms with Crippen molar-refractivity contribution in [3.63, 3.8) is 0 Å². The van der Waals surface area contributed by atoms with Crippen molar-refractivity contribution in [1.29, 1.82) is 0 Å². The number of hydrogen-bond donors (Lipinski definition) is 1. The third kappa shape index (κ3) is 2.90. The van der Waals surface area contributed by atoms with E-state index in [-0.39, 0.29) is 5.56 Å². The van der Waals surface area contributed by atoms with Gasteiger partial charge < -0.3 is 10.3 Å². The minimum atomic E-state index is -0.143. The standard InChI is InChI=1S/C21H17N7OS2/c1-27-17-13(18-19(27)25-15(31-18)8-12-5-3-7-23-12)9-24-28(20(17)29)10-11-4-2-6-14-16(11)26-21(22)30-14/h2-6,9H,7-8,10H2,1H3,(H2,22,26). The Balaban J connectivity index is 1.44. The van der Waals surface area contributed by atoms with Gasteiger partial charge in [-0.2, -0.15) is 5.10 Å². The van der Waals surface area contributed by atoms with Crippen molar-refractivity contribution >= 4 is 65.0 Å². The molecule has 1 aliphatic heterocycles. The summed E-state index contributed by atoms with van der Waals surface area (Å²) < 4.78 is 5.34. The molecule has 0 bridgehead atoms. The molecule has 0 saturated carbocycles. The third-order valence-corrected chi connectivity index (χ3v) is 7.38. The summed E-state index contributed by atoms with van der Waals surface area (Å²) in [6.45, 7) is 1.08. The van der Waals surface area contributed by atoms with E-state index in [0.29, 0.717) is 23.6 Å². The molecule has 31 heavy (non-hydrogen) atoms. The Hall–Kier alpha value is -3.37. The molecule has 2 N–H and O–H groups in total. The number of fused-ring (bicyclic) bond motifs is 4. The van der Waals surface area contributed by atoms with Crippen LogP contribution in [0.1, 0.15) is 10.6 Å². The van der Waals surface area contributed by atoms with E-state index in [0.717, 1.165) is 48.8 Å². The first-order valence-electron chi connectivity index (χ1n) is 9.76. The molecule has 0 atom stereocenters. The van der Waals surface area contributed by atoms with Crippen molar-refractivity contribution in [3.05, 3.63) is 57.5 Å². The van der Waals surface area contributed by atoms with Crippen LogP contribution in [0, 0.1) is 0 Å². The molecule has 0 spiro atoms. The Morgan fingerprint density at radius 3 is 2.97 bits per heavy atom. The molecule has 6 rings (SSSR count). The molecule has 8 nitrogen and oxygen atoms in total. The average Bonchev–Trinajstić information content (AvgIpc) is 3.51. The van der Waals surface area contributed by atoms with Gasteiger partial charge in [-0.3, -0.25) is 9.79 Å². The minimum absolute atomic E-state index is 0.143. The third-order valence-electron chi connectivity index (χ3n) is 5.45. The van der Waals surface area contributed by atoms with Gasteiger partial charge in [0.1, 0.15) is 10.5 Å². The number of nitrogen functional groups attached to an aromatic ring is 1. The van der Waals surface area contributed by atoms with Gasteiger partial charge in [0.25, 0.3) is 5.56 Å². The first-order chi connectivity index (χ1) is 15.1. The Morgan fingerprint density at radius 1 is 1.23 bits per heavy atom. The van der Waals surface area contributed by atoms with Crippen LogP contribution in [0.3, 0.4) is 0 Å². The van der Waals surface area contributed by atoms with Crippen LogP contribution >= 0.6 is 22.7 Å². The lowest BCUT2D eigenvalue weighted by atomic mass is 10.2. The Kier molecular flexibility index (Phi) is 4.05. The van der Waals surface area contributed by atoms with Crippen LogP contribution in [0.4, 0.5) is 5.13 Å². The number of para-hydroxylation sites is 1. The van der Waals surface area contributed by atoms with Gasteiger partial charge in [-0.25, -0.2) is 14.6 Å². The van der Waals surface area contributed by atoms with Crippen LogP contribution in [0.25, 0.3) is 31.5 Å². The van der Waals surface area contributed by atoms with E-state index in [4.69, 9.17) is 10.7 Å². The van der Waals surface area contributed by atoms with E-state index in [1.54, 1.807) is 17.5 Å². The lowest BCUT2D eigenvalue weighted by molar-refractivity contribution is 0.646. The number of hydrogen-bond acceptors (Lipinski definition) is 8. The molecule has 1 aromatic carbocycles. The summed E-state index contributed by atoms with van der Waals surface area (Å²) in [6, 6.07) is 5.89. The zero-order valence-electron chi connectivity index (χ0n) is 16.6. The molecule has 0 radical (unpaired) electrons. The number of nitrogens with two attached hydrogens (primary N) is 1. The molecule has 0 unspecified atom stereocenters. The Morgan fingerprint density at radius 2 is 2.13 bits per heavy atom. The maximum atomic E-state index is 13.3. The van der Waals surface area contributed by atoms with Crippen LogP contribution in [0.5, 0.6) is 0 Å². The fourth-order valence-corrected chi connectivity index (χ4v) is 5.92. The molecule has 0 amide bonds. The highest BCUT2D eigenvalue weighted by Crippen LogP contribution is 2.31. The second-order valence-corrected chi connectivity index (χ2v) is 9.56. The van der Waals surface area contributed by atoms with Crippen molar-refractivity contribution in [2.24, 2.45) is 12.0 Å². The smallest absolute Gasteiger partial charge is 0.291 e. The number of anilines is 1. The van der Waals surface area contributed by atoms with Crippen molar-refractivity contribution < 1.29 is 0 Å². The van der Waals surface area contributed by atoms with Crippen molar-refractivity contribution in [3.8, 4) is 0 Å². The van der Waals surface area contributed by atoms with Gasteiger partial charge in [0.2, 0.25) is 0 Å². The van der Waals surface area contributed by atoms with E-state index < -0.39 is 0 Å². The molecule has 5 heterocycles. The number of rotatable bonds is 4. The fraction of sp³-hybridized carbons (Fsp3) is 0.190. The number of aromatic nitrogens is 5. The monoisotopic (exact) mass is 447 g/mol. The molecule has 4 aromatic heterocycles. The molecule has 1 aliphatic rings. The van der Waals surface area contributed by atoms with E-state index in [2.05, 4.69) is 15.1 Å². The highest BCUT2D eigenvalue weighted by atomic mass is 32.1. The van der Waals surface area contributed by atoms with Gasteiger partial charge in [0.15, 0.2) is 10.8 Å². The number of aryl methyl sites for hydroxylation is 1. The Bertz CT molecular complexity index is 1620. The molecular weight excluding hydrogens is 430 g/mol. The second kappa shape index (κ2) is 6.82. The van der Waals surface area contributed by atoms with Crippen LogP contribution in [-0.2, 0) is 20.0 Å². The van der Waals surface area contributed by atoms with Gasteiger partial charge >= 0.3 is 0 Å². The summed E-state index contributed by atoms with van der Waals surface area (Å²) in [7, 11) is 1.88. The van der Waals surface area contributed by atoms with Crippen LogP contribution in [0.15, 0.2) is 46.3 Å². The number of aliphatic imine (C=N–C) groups is 1. The van der Waals surface area contributed by atoms with E-state index in [1.165, 1.54) is 16.0 Å². The molecule has 0 fully saturated rings. The average molecular weight is 448 g/mol. The van der Waals surface area contributed by atoms with Crippen LogP contribution < -0.4 is 11.3 Å². The summed E-state index contributed by atoms with van der Waals surface area (Å²) in [5, 5.41) is 6.81. The number of benzene rings is 1. The highest BCUT2D eigenvalue weighted by molar-refractivity contribution is 7.22. The van der Waals surface area contributed by atoms with Gasteiger partial charge in [-0.15, -0.1) is 11.3 Å². The normalized spacial score (nSPS) is 13.8. The molecule has 0 saturated heterocycles. The van der Waals surface area contributed by atoms with E-state index >= 15 is 0 Å².